The second-order valence-corrected chi connectivity index (χ2v) is 12.6. The van der Waals surface area contributed by atoms with Gasteiger partial charge in [-0.2, -0.15) is 0 Å². The third kappa shape index (κ3) is 27.4. The van der Waals surface area contributed by atoms with Crippen LogP contribution in [0.4, 0.5) is 0 Å². The molecule has 2 amide bonds. The summed E-state index contributed by atoms with van der Waals surface area (Å²) >= 11 is 0. The normalized spacial score (nSPS) is 11.0. The van der Waals surface area contributed by atoms with Crippen LogP contribution in [0.3, 0.4) is 0 Å². The summed E-state index contributed by atoms with van der Waals surface area (Å²) in [5.74, 6) is -1.82. The van der Waals surface area contributed by atoms with Crippen LogP contribution in [0, 0.1) is 0 Å². The van der Waals surface area contributed by atoms with Gasteiger partial charge in [0.2, 0.25) is 11.8 Å². The van der Waals surface area contributed by atoms with Gasteiger partial charge in [0.1, 0.15) is 0 Å². The lowest BCUT2D eigenvalue weighted by molar-refractivity contribution is -0.140. The molecule has 0 unspecified atom stereocenters. The molecule has 8 nitrogen and oxygen atoms in total. The molecular weight excluding hydrogens is 556 g/mol. The number of nitrogens with zero attached hydrogens (tertiary/aromatic N) is 2. The number of amides is 2. The van der Waals surface area contributed by atoms with Crippen molar-refractivity contribution >= 4 is 23.8 Å². The first-order valence-corrected chi connectivity index (χ1v) is 18.3. The van der Waals surface area contributed by atoms with Crippen LogP contribution in [0.15, 0.2) is 0 Å². The van der Waals surface area contributed by atoms with Crippen LogP contribution in [0.5, 0.6) is 0 Å². The molecule has 0 saturated carbocycles. The minimum absolute atomic E-state index is 0.00517. The number of rotatable bonds is 33. The molecule has 0 aliphatic heterocycles. The molecule has 44 heavy (non-hydrogen) atoms. The Bertz CT molecular complexity index is 669. The molecule has 258 valence electrons. The van der Waals surface area contributed by atoms with Gasteiger partial charge in [-0.3, -0.25) is 19.2 Å². The lowest BCUT2D eigenvalue weighted by Crippen LogP contribution is -2.36. The highest BCUT2D eigenvalue weighted by atomic mass is 16.4. The Balaban J connectivity index is 4.43. The van der Waals surface area contributed by atoms with Gasteiger partial charge in [-0.15, -0.1) is 0 Å². The van der Waals surface area contributed by atoms with E-state index in [1.165, 1.54) is 89.9 Å². The number of aliphatic carboxylic acids is 2. The Morgan fingerprint density at radius 2 is 0.636 bits per heavy atom. The van der Waals surface area contributed by atoms with Crippen molar-refractivity contribution in [3.8, 4) is 0 Å². The van der Waals surface area contributed by atoms with Gasteiger partial charge in [-0.1, -0.05) is 129 Å². The Morgan fingerprint density at radius 3 is 0.909 bits per heavy atom. The maximum Gasteiger partial charge on any atom is 0.305 e. The number of hydrogen-bond acceptors (Lipinski definition) is 4. The molecule has 0 radical (unpaired) electrons. The summed E-state index contributed by atoms with van der Waals surface area (Å²) in [7, 11) is 0. The van der Waals surface area contributed by atoms with Gasteiger partial charge in [-0.25, -0.2) is 0 Å². The van der Waals surface area contributed by atoms with Gasteiger partial charge in [0.25, 0.3) is 0 Å². The Hall–Kier alpha value is -2.12. The Labute approximate surface area is 269 Å². The van der Waals surface area contributed by atoms with Crippen molar-refractivity contribution in [2.45, 2.75) is 181 Å². The van der Waals surface area contributed by atoms with Crippen molar-refractivity contribution in [1.29, 1.82) is 0 Å². The van der Waals surface area contributed by atoms with Gasteiger partial charge in [0.15, 0.2) is 0 Å². The Kier molecular flexibility index (Phi) is 29.4. The topological polar surface area (TPSA) is 115 Å². The molecule has 0 rings (SSSR count). The summed E-state index contributed by atoms with van der Waals surface area (Å²) in [6.07, 6.45) is 26.0. The van der Waals surface area contributed by atoms with E-state index in [0.717, 1.165) is 38.5 Å². The molecule has 8 heteroatoms. The van der Waals surface area contributed by atoms with Crippen LogP contribution in [0.2, 0.25) is 0 Å². The van der Waals surface area contributed by atoms with Gasteiger partial charge in [-0.05, 0) is 25.7 Å². The molecule has 0 aliphatic carbocycles. The van der Waals surface area contributed by atoms with Crippen LogP contribution in [0.25, 0.3) is 0 Å². The number of carbonyl (C=O) groups excluding carboxylic acids is 2. The van der Waals surface area contributed by atoms with E-state index in [-0.39, 0.29) is 37.7 Å². The Morgan fingerprint density at radius 1 is 0.364 bits per heavy atom. The molecule has 0 aromatic carbocycles. The van der Waals surface area contributed by atoms with E-state index in [0.29, 0.717) is 38.8 Å². The molecule has 0 heterocycles. The molecule has 0 saturated heterocycles. The summed E-state index contributed by atoms with van der Waals surface area (Å²) in [5, 5.41) is 18.3. The van der Waals surface area contributed by atoms with E-state index < -0.39 is 11.9 Å². The molecule has 0 spiro atoms. The van der Waals surface area contributed by atoms with Crippen molar-refractivity contribution in [2.24, 2.45) is 0 Å². The minimum atomic E-state index is -0.917. The summed E-state index contributed by atoms with van der Waals surface area (Å²) in [4.78, 5) is 51.4. The van der Waals surface area contributed by atoms with Crippen LogP contribution in [0.1, 0.15) is 181 Å². The zero-order valence-corrected chi connectivity index (χ0v) is 28.6. The number of carboxylic acid groups (broad SMARTS) is 2. The molecule has 0 bridgehead atoms. The number of carboxylic acids is 2. The SMILES string of the molecule is CCCCCCCCCCCCC(=O)N(CCCCN(CCC(=O)O)C(=O)CCCCCCCCCCCC)CCC(=O)O. The largest absolute Gasteiger partial charge is 0.481 e. The van der Waals surface area contributed by atoms with Crippen LogP contribution >= 0.6 is 0 Å². The van der Waals surface area contributed by atoms with E-state index in [1.807, 2.05) is 0 Å². The molecular formula is C36H68N2O6. The van der Waals surface area contributed by atoms with Gasteiger partial charge in [0.05, 0.1) is 12.8 Å². The fourth-order valence-corrected chi connectivity index (χ4v) is 5.63. The lowest BCUT2D eigenvalue weighted by Gasteiger charge is -2.25. The average Bonchev–Trinajstić information content (AvgIpc) is 2.99. The van der Waals surface area contributed by atoms with Crippen LogP contribution < -0.4 is 0 Å². The van der Waals surface area contributed by atoms with Crippen molar-refractivity contribution < 1.29 is 29.4 Å². The zero-order valence-electron chi connectivity index (χ0n) is 28.6. The summed E-state index contributed by atoms with van der Waals surface area (Å²) in [6, 6.07) is 0. The molecule has 0 aromatic heterocycles. The first kappa shape index (κ1) is 41.9. The van der Waals surface area contributed by atoms with E-state index in [2.05, 4.69) is 13.8 Å². The van der Waals surface area contributed by atoms with Crippen molar-refractivity contribution in [3.63, 3.8) is 0 Å². The molecule has 0 fully saturated rings. The minimum Gasteiger partial charge on any atom is -0.481 e. The van der Waals surface area contributed by atoms with Crippen molar-refractivity contribution in [3.05, 3.63) is 0 Å². The number of carbonyl (C=O) groups is 4. The first-order valence-electron chi connectivity index (χ1n) is 18.3. The van der Waals surface area contributed by atoms with E-state index in [4.69, 9.17) is 10.2 Å². The summed E-state index contributed by atoms with van der Waals surface area (Å²) < 4.78 is 0. The predicted molar refractivity (Wildman–Crippen MR) is 180 cm³/mol. The highest BCUT2D eigenvalue weighted by molar-refractivity contribution is 5.77. The van der Waals surface area contributed by atoms with Gasteiger partial charge in [0, 0.05) is 39.0 Å². The lowest BCUT2D eigenvalue weighted by atomic mass is 10.1. The van der Waals surface area contributed by atoms with Crippen LogP contribution in [-0.2, 0) is 19.2 Å². The molecule has 0 aromatic rings. The quantitative estimate of drug-likeness (QED) is 0.0704. The predicted octanol–water partition coefficient (Wildman–Crippen LogP) is 9.00. The number of unbranched alkanes of at least 4 members (excludes halogenated alkanes) is 19. The fraction of sp³-hybridized carbons (Fsp3) is 0.889. The van der Waals surface area contributed by atoms with Gasteiger partial charge >= 0.3 is 11.9 Å². The summed E-state index contributed by atoms with van der Waals surface area (Å²) in [6.45, 7) is 5.78. The fourth-order valence-electron chi connectivity index (χ4n) is 5.63. The molecule has 0 atom stereocenters. The second kappa shape index (κ2) is 30.9. The third-order valence-electron chi connectivity index (χ3n) is 8.49. The van der Waals surface area contributed by atoms with Crippen molar-refractivity contribution in [1.82, 2.24) is 9.80 Å². The van der Waals surface area contributed by atoms with E-state index in [1.54, 1.807) is 9.80 Å². The smallest absolute Gasteiger partial charge is 0.305 e. The summed E-state index contributed by atoms with van der Waals surface area (Å²) in [5.41, 5.74) is 0. The van der Waals surface area contributed by atoms with E-state index >= 15 is 0 Å². The first-order chi connectivity index (χ1) is 21.3. The van der Waals surface area contributed by atoms with E-state index in [9.17, 15) is 19.2 Å². The third-order valence-corrected chi connectivity index (χ3v) is 8.49. The molecule has 2 N–H and O–H groups in total. The maximum atomic E-state index is 12.9. The standard InChI is InChI=1S/C36H68N2O6/c1-3-5-7-9-11-13-15-17-19-21-25-33(39)37(31-27-35(41)42)29-23-24-30-38(32-28-36(43)44)34(40)26-22-20-18-16-14-12-10-8-6-4-2/h3-32H2,1-2H3,(H,41,42)(H,43,44). The highest BCUT2D eigenvalue weighted by Crippen LogP contribution is 2.14. The number of hydrogen-bond donors (Lipinski definition) is 2. The highest BCUT2D eigenvalue weighted by Gasteiger charge is 2.17. The van der Waals surface area contributed by atoms with Crippen molar-refractivity contribution in [2.75, 3.05) is 26.2 Å². The molecule has 0 aliphatic rings. The average molecular weight is 625 g/mol. The maximum absolute atomic E-state index is 12.9. The second-order valence-electron chi connectivity index (χ2n) is 12.6. The zero-order chi connectivity index (χ0) is 32.7. The van der Waals surface area contributed by atoms with Crippen LogP contribution in [-0.4, -0.2) is 69.9 Å². The monoisotopic (exact) mass is 625 g/mol. The van der Waals surface area contributed by atoms with Gasteiger partial charge < -0.3 is 20.0 Å².